The molecule has 4 rings (SSSR count). The number of ketones is 1. The first-order valence-electron chi connectivity index (χ1n) is 10.0. The minimum Gasteiger partial charge on any atom is -0.461 e. The van der Waals surface area contributed by atoms with E-state index in [2.05, 4.69) is 32.6 Å². The Morgan fingerprint density at radius 2 is 1.93 bits per heavy atom. The fraction of sp³-hybridized carbons (Fsp3) is 0.565. The summed E-state index contributed by atoms with van der Waals surface area (Å²) in [6.07, 6.45) is 6.20. The van der Waals surface area contributed by atoms with E-state index >= 15 is 0 Å². The van der Waals surface area contributed by atoms with Crippen molar-refractivity contribution in [1.82, 2.24) is 0 Å². The van der Waals surface area contributed by atoms with Crippen LogP contribution < -0.4 is 4.74 Å². The Balaban J connectivity index is 1.57. The van der Waals surface area contributed by atoms with Crippen LogP contribution >= 0.6 is 0 Å². The molecule has 0 aromatic heterocycles. The highest BCUT2D eigenvalue weighted by Crippen LogP contribution is 2.46. The number of benzene rings is 1. The normalized spacial score (nSPS) is 27.4. The molecule has 4 heteroatoms. The Kier molecular flexibility index (Phi) is 4.40. The highest BCUT2D eigenvalue weighted by molar-refractivity contribution is 5.98. The molecule has 144 valence electrons. The van der Waals surface area contributed by atoms with Gasteiger partial charge in [0, 0.05) is 12.0 Å². The van der Waals surface area contributed by atoms with Gasteiger partial charge in [-0.25, -0.2) is 0 Å². The van der Waals surface area contributed by atoms with Gasteiger partial charge in [0.15, 0.2) is 0 Å². The molecule has 1 saturated carbocycles. The number of rotatable bonds is 4. The fourth-order valence-electron chi connectivity index (χ4n) is 4.96. The molecule has 0 spiro atoms. The highest BCUT2D eigenvalue weighted by Gasteiger charge is 2.47. The molecule has 1 aromatic carbocycles. The van der Waals surface area contributed by atoms with Gasteiger partial charge in [0.05, 0.1) is 5.41 Å². The van der Waals surface area contributed by atoms with Gasteiger partial charge >= 0.3 is 5.97 Å². The van der Waals surface area contributed by atoms with Crippen molar-refractivity contribution in [3.8, 4) is 5.75 Å². The predicted octanol–water partition coefficient (Wildman–Crippen LogP) is 4.64. The van der Waals surface area contributed by atoms with E-state index in [0.29, 0.717) is 18.8 Å². The van der Waals surface area contributed by atoms with Crippen LogP contribution in [0.1, 0.15) is 69.9 Å². The Hall–Kier alpha value is -2.10. The third-order valence-electron chi connectivity index (χ3n) is 6.74. The highest BCUT2D eigenvalue weighted by atomic mass is 16.6. The average molecular weight is 368 g/mol. The number of fused-ring (bicyclic) bond motifs is 1. The van der Waals surface area contributed by atoms with Crippen molar-refractivity contribution in [3.05, 3.63) is 41.7 Å². The number of hydrogen-bond acceptors (Lipinski definition) is 4. The molecule has 1 atom stereocenters. The molecule has 0 bridgehead atoms. The summed E-state index contributed by atoms with van der Waals surface area (Å²) < 4.78 is 11.7. The summed E-state index contributed by atoms with van der Waals surface area (Å²) in [5.74, 6) is 1.62. The second-order valence-corrected chi connectivity index (χ2v) is 8.89. The van der Waals surface area contributed by atoms with Crippen molar-refractivity contribution in [2.24, 2.45) is 5.92 Å². The first kappa shape index (κ1) is 18.3. The van der Waals surface area contributed by atoms with Crippen LogP contribution in [0.25, 0.3) is 0 Å². The number of carbonyl (C=O) groups excluding carboxylic acids is 2. The monoisotopic (exact) mass is 368 g/mol. The summed E-state index contributed by atoms with van der Waals surface area (Å²) in [7, 11) is 0. The minimum atomic E-state index is -0.614. The Labute approximate surface area is 160 Å². The first-order valence-corrected chi connectivity index (χ1v) is 10.0. The molecule has 1 aliphatic carbocycles. The van der Waals surface area contributed by atoms with Crippen LogP contribution in [-0.2, 0) is 26.2 Å². The number of allylic oxidation sites excluding steroid dienone is 1. The molecule has 0 radical (unpaired) electrons. The largest absolute Gasteiger partial charge is 0.461 e. The molecule has 2 heterocycles. The Morgan fingerprint density at radius 3 is 2.63 bits per heavy atom. The van der Waals surface area contributed by atoms with Gasteiger partial charge in [0.1, 0.15) is 29.3 Å². The van der Waals surface area contributed by atoms with Gasteiger partial charge in [-0.1, -0.05) is 31.6 Å². The van der Waals surface area contributed by atoms with Gasteiger partial charge in [0.25, 0.3) is 0 Å². The van der Waals surface area contributed by atoms with Crippen LogP contribution in [0.4, 0.5) is 0 Å². The zero-order valence-corrected chi connectivity index (χ0v) is 16.3. The number of hydrogen-bond donors (Lipinski definition) is 0. The van der Waals surface area contributed by atoms with Crippen molar-refractivity contribution in [2.45, 2.75) is 76.2 Å². The Bertz CT molecular complexity index is 783. The number of esters is 1. The van der Waals surface area contributed by atoms with Crippen molar-refractivity contribution in [1.29, 1.82) is 0 Å². The first-order chi connectivity index (χ1) is 12.8. The second kappa shape index (κ2) is 6.50. The number of cyclic esters (lactones) is 1. The van der Waals surface area contributed by atoms with Gasteiger partial charge < -0.3 is 9.47 Å². The molecular formula is C23H28O4. The summed E-state index contributed by atoms with van der Waals surface area (Å²) in [5, 5.41) is 0. The number of aryl methyl sites for hydroxylation is 1. The third kappa shape index (κ3) is 3.19. The smallest absolute Gasteiger partial charge is 0.313 e. The molecule has 0 N–H and O–H groups in total. The zero-order chi connectivity index (χ0) is 19.2. The van der Waals surface area contributed by atoms with E-state index in [0.717, 1.165) is 49.2 Å². The molecule has 27 heavy (non-hydrogen) atoms. The summed E-state index contributed by atoms with van der Waals surface area (Å²) in [5.41, 5.74) is 1.52. The summed E-state index contributed by atoms with van der Waals surface area (Å²) in [6, 6.07) is 6.26. The molecule has 0 amide bonds. The predicted molar refractivity (Wildman–Crippen MR) is 103 cm³/mol. The maximum absolute atomic E-state index is 12.2. The number of carbonyl (C=O) groups is 2. The molecule has 1 saturated heterocycles. The zero-order valence-electron chi connectivity index (χ0n) is 16.3. The van der Waals surface area contributed by atoms with Gasteiger partial charge in [-0.2, -0.15) is 0 Å². The van der Waals surface area contributed by atoms with Crippen LogP contribution in [0.15, 0.2) is 30.5 Å². The summed E-state index contributed by atoms with van der Waals surface area (Å²) in [6.45, 7) is 8.27. The molecule has 3 aliphatic rings. The van der Waals surface area contributed by atoms with E-state index < -0.39 is 5.60 Å². The third-order valence-corrected chi connectivity index (χ3v) is 6.74. The van der Waals surface area contributed by atoms with E-state index in [-0.39, 0.29) is 23.6 Å². The van der Waals surface area contributed by atoms with Crippen molar-refractivity contribution in [3.63, 3.8) is 0 Å². The lowest BCUT2D eigenvalue weighted by molar-refractivity contribution is -0.178. The van der Waals surface area contributed by atoms with Crippen LogP contribution in [0.5, 0.6) is 5.75 Å². The number of Topliss-reactive ketones (excluding diaryl/α,β-unsaturated/α-hetero) is 1. The summed E-state index contributed by atoms with van der Waals surface area (Å²) >= 11 is 0. The van der Waals surface area contributed by atoms with Gasteiger partial charge in [-0.05, 0) is 57.1 Å². The van der Waals surface area contributed by atoms with Crippen LogP contribution in [0, 0.1) is 5.92 Å². The van der Waals surface area contributed by atoms with Crippen LogP contribution in [0.3, 0.4) is 0 Å². The molecule has 2 fully saturated rings. The van der Waals surface area contributed by atoms with Crippen molar-refractivity contribution >= 4 is 11.8 Å². The van der Waals surface area contributed by atoms with Crippen molar-refractivity contribution < 1.29 is 19.1 Å². The SMILES string of the molecule is C=C1Oc2ccc(CCC3(C4CCCC4)CC(=O)CC(=O)O3)cc2C1(C)C. The van der Waals surface area contributed by atoms with E-state index in [4.69, 9.17) is 9.47 Å². The standard InChI is InChI=1S/C23H28O4/c1-15-22(2,3)19-12-16(8-9-20(19)26-15)10-11-23(17-6-4-5-7-17)14-18(24)13-21(25)27-23/h8-9,12,17H,1,4-7,10-11,13-14H2,2-3H3. The lowest BCUT2D eigenvalue weighted by Gasteiger charge is -2.41. The van der Waals surface area contributed by atoms with E-state index in [1.54, 1.807) is 0 Å². The quantitative estimate of drug-likeness (QED) is 0.574. The number of ether oxygens (including phenoxy) is 2. The second-order valence-electron chi connectivity index (χ2n) is 8.89. The van der Waals surface area contributed by atoms with E-state index in [1.807, 2.05) is 6.07 Å². The topological polar surface area (TPSA) is 52.6 Å². The lowest BCUT2D eigenvalue weighted by Crippen LogP contribution is -2.48. The average Bonchev–Trinajstić information content (AvgIpc) is 3.21. The van der Waals surface area contributed by atoms with Gasteiger partial charge in [-0.3, -0.25) is 9.59 Å². The molecular weight excluding hydrogens is 340 g/mol. The summed E-state index contributed by atoms with van der Waals surface area (Å²) in [4.78, 5) is 24.3. The molecule has 4 nitrogen and oxygen atoms in total. The van der Waals surface area contributed by atoms with E-state index in [9.17, 15) is 9.59 Å². The molecule has 2 aliphatic heterocycles. The maximum Gasteiger partial charge on any atom is 0.313 e. The Morgan fingerprint density at radius 1 is 1.19 bits per heavy atom. The molecule has 1 unspecified atom stereocenters. The van der Waals surface area contributed by atoms with E-state index in [1.165, 1.54) is 5.56 Å². The van der Waals surface area contributed by atoms with Crippen LogP contribution in [0.2, 0.25) is 0 Å². The van der Waals surface area contributed by atoms with Crippen LogP contribution in [-0.4, -0.2) is 17.4 Å². The van der Waals surface area contributed by atoms with Gasteiger partial charge in [0.2, 0.25) is 0 Å². The lowest BCUT2D eigenvalue weighted by atomic mass is 9.75. The maximum atomic E-state index is 12.2. The fourth-order valence-corrected chi connectivity index (χ4v) is 4.96. The molecule has 1 aromatic rings. The van der Waals surface area contributed by atoms with Crippen molar-refractivity contribution in [2.75, 3.05) is 0 Å². The van der Waals surface area contributed by atoms with Gasteiger partial charge in [-0.15, -0.1) is 0 Å². The minimum absolute atomic E-state index is 0.0259.